The molecule has 0 aromatic heterocycles. The van der Waals surface area contributed by atoms with Crippen LogP contribution >= 0.6 is 0 Å². The van der Waals surface area contributed by atoms with E-state index in [-0.39, 0.29) is 36.5 Å². The fourth-order valence-corrected chi connectivity index (χ4v) is 5.92. The topological polar surface area (TPSA) is 111 Å². The Balaban J connectivity index is 1.26. The summed E-state index contributed by atoms with van der Waals surface area (Å²) in [6.07, 6.45) is 6.06. The molecule has 176 valence electrons. The SMILES string of the molecule is O=C(COC(=O)C1CCN(S(=O)(=O)c2ccc3c(c2)OCCO3)CC1)NC1CCCCC1. The van der Waals surface area contributed by atoms with Gasteiger partial charge in [-0.2, -0.15) is 4.31 Å². The largest absolute Gasteiger partial charge is 0.486 e. The molecule has 3 aliphatic rings. The van der Waals surface area contributed by atoms with E-state index in [1.165, 1.54) is 22.9 Å². The Bertz CT molecular complexity index is 936. The molecule has 1 saturated heterocycles. The number of carbonyl (C=O) groups is 2. The molecule has 2 heterocycles. The summed E-state index contributed by atoms with van der Waals surface area (Å²) >= 11 is 0. The Morgan fingerprint density at radius 2 is 1.69 bits per heavy atom. The number of rotatable bonds is 6. The van der Waals surface area contributed by atoms with Gasteiger partial charge in [-0.3, -0.25) is 9.59 Å². The van der Waals surface area contributed by atoms with Crippen molar-refractivity contribution in [3.63, 3.8) is 0 Å². The van der Waals surface area contributed by atoms with Crippen molar-refractivity contribution >= 4 is 21.9 Å². The van der Waals surface area contributed by atoms with Crippen molar-refractivity contribution in [1.82, 2.24) is 9.62 Å². The summed E-state index contributed by atoms with van der Waals surface area (Å²) in [7, 11) is -3.71. The zero-order valence-corrected chi connectivity index (χ0v) is 18.9. The molecule has 1 aliphatic carbocycles. The summed E-state index contributed by atoms with van der Waals surface area (Å²) in [6, 6.07) is 4.76. The molecule has 1 N–H and O–H groups in total. The lowest BCUT2D eigenvalue weighted by molar-refractivity contribution is -0.153. The highest BCUT2D eigenvalue weighted by atomic mass is 32.2. The number of fused-ring (bicyclic) bond motifs is 1. The fraction of sp³-hybridized carbons (Fsp3) is 0.636. The third-order valence-electron chi connectivity index (χ3n) is 6.25. The van der Waals surface area contributed by atoms with E-state index in [1.807, 2.05) is 0 Å². The Labute approximate surface area is 188 Å². The van der Waals surface area contributed by atoms with Gasteiger partial charge in [-0.25, -0.2) is 8.42 Å². The first kappa shape index (κ1) is 22.8. The molecule has 10 heteroatoms. The summed E-state index contributed by atoms with van der Waals surface area (Å²) in [5.74, 6) is -0.181. The number of hydrogen-bond acceptors (Lipinski definition) is 7. The monoisotopic (exact) mass is 466 g/mol. The van der Waals surface area contributed by atoms with Crippen LogP contribution in [0.5, 0.6) is 11.5 Å². The number of benzene rings is 1. The van der Waals surface area contributed by atoms with Crippen LogP contribution in [0.1, 0.15) is 44.9 Å². The van der Waals surface area contributed by atoms with Crippen molar-refractivity contribution in [2.45, 2.75) is 55.9 Å². The van der Waals surface area contributed by atoms with Gasteiger partial charge >= 0.3 is 5.97 Å². The van der Waals surface area contributed by atoms with Crippen LogP contribution in [0.15, 0.2) is 23.1 Å². The quantitative estimate of drug-likeness (QED) is 0.637. The lowest BCUT2D eigenvalue weighted by Gasteiger charge is -2.30. The second-order valence-corrected chi connectivity index (χ2v) is 10.4. The minimum absolute atomic E-state index is 0.141. The van der Waals surface area contributed by atoms with E-state index < -0.39 is 21.9 Å². The normalized spacial score (nSPS) is 20.5. The fourth-order valence-electron chi connectivity index (χ4n) is 4.44. The third kappa shape index (κ3) is 5.35. The molecule has 1 aromatic rings. The molecular formula is C22H30N2O7S. The first-order valence-corrected chi connectivity index (χ1v) is 12.7. The lowest BCUT2D eigenvalue weighted by Crippen LogP contribution is -2.42. The van der Waals surface area contributed by atoms with E-state index in [2.05, 4.69) is 5.32 Å². The van der Waals surface area contributed by atoms with Crippen LogP contribution in [-0.2, 0) is 24.3 Å². The summed E-state index contributed by atoms with van der Waals surface area (Å²) in [4.78, 5) is 24.6. The molecule has 32 heavy (non-hydrogen) atoms. The van der Waals surface area contributed by atoms with Gasteiger partial charge in [-0.1, -0.05) is 19.3 Å². The molecule has 2 fully saturated rings. The van der Waals surface area contributed by atoms with Crippen LogP contribution < -0.4 is 14.8 Å². The number of carbonyl (C=O) groups excluding carboxylic acids is 2. The smallest absolute Gasteiger partial charge is 0.309 e. The lowest BCUT2D eigenvalue weighted by atomic mass is 9.95. The van der Waals surface area contributed by atoms with Gasteiger partial charge in [0.15, 0.2) is 18.1 Å². The zero-order valence-electron chi connectivity index (χ0n) is 18.1. The summed E-state index contributed by atoms with van der Waals surface area (Å²) in [6.45, 7) is 0.953. The molecule has 9 nitrogen and oxygen atoms in total. The molecule has 0 radical (unpaired) electrons. The van der Waals surface area contributed by atoms with Gasteiger partial charge < -0.3 is 19.5 Å². The van der Waals surface area contributed by atoms with Crippen LogP contribution in [0.25, 0.3) is 0 Å². The molecule has 1 amide bonds. The molecule has 2 aliphatic heterocycles. The van der Waals surface area contributed by atoms with Gasteiger partial charge in [0.1, 0.15) is 13.2 Å². The Morgan fingerprint density at radius 1 is 1.00 bits per heavy atom. The maximum absolute atomic E-state index is 13.0. The second kappa shape index (κ2) is 10.1. The van der Waals surface area contributed by atoms with E-state index in [0.29, 0.717) is 37.6 Å². The highest BCUT2D eigenvalue weighted by Crippen LogP contribution is 2.34. The third-order valence-corrected chi connectivity index (χ3v) is 8.15. The average molecular weight is 467 g/mol. The number of sulfonamides is 1. The van der Waals surface area contributed by atoms with Crippen molar-refractivity contribution < 1.29 is 32.2 Å². The molecule has 0 atom stereocenters. The Morgan fingerprint density at radius 3 is 2.41 bits per heavy atom. The predicted molar refractivity (Wildman–Crippen MR) is 115 cm³/mol. The summed E-state index contributed by atoms with van der Waals surface area (Å²) in [5, 5.41) is 2.92. The van der Waals surface area contributed by atoms with Crippen LogP contribution in [0.4, 0.5) is 0 Å². The molecule has 4 rings (SSSR count). The maximum atomic E-state index is 13.0. The minimum atomic E-state index is -3.71. The van der Waals surface area contributed by atoms with Crippen molar-refractivity contribution in [3.05, 3.63) is 18.2 Å². The first-order chi connectivity index (χ1) is 15.4. The van der Waals surface area contributed by atoms with E-state index in [1.54, 1.807) is 6.07 Å². The van der Waals surface area contributed by atoms with Crippen molar-refractivity contribution in [2.24, 2.45) is 5.92 Å². The van der Waals surface area contributed by atoms with E-state index in [9.17, 15) is 18.0 Å². The van der Waals surface area contributed by atoms with Crippen LogP contribution in [0, 0.1) is 5.92 Å². The second-order valence-electron chi connectivity index (χ2n) is 8.49. The molecule has 0 unspecified atom stereocenters. The number of hydrogen-bond donors (Lipinski definition) is 1. The molecule has 1 saturated carbocycles. The van der Waals surface area contributed by atoms with E-state index in [0.717, 1.165) is 25.7 Å². The van der Waals surface area contributed by atoms with Gasteiger partial charge in [0.25, 0.3) is 5.91 Å². The van der Waals surface area contributed by atoms with Gasteiger partial charge in [0.2, 0.25) is 10.0 Å². The van der Waals surface area contributed by atoms with Crippen LogP contribution in [-0.4, -0.2) is 63.6 Å². The van der Waals surface area contributed by atoms with Crippen molar-refractivity contribution in [2.75, 3.05) is 32.9 Å². The van der Waals surface area contributed by atoms with Crippen LogP contribution in [0.2, 0.25) is 0 Å². The standard InChI is InChI=1S/C22H30N2O7S/c25-21(23-17-4-2-1-3-5-17)15-31-22(26)16-8-10-24(11-9-16)32(27,28)18-6-7-19-20(14-18)30-13-12-29-19/h6-7,14,16-17H,1-5,8-13,15H2,(H,23,25). The Hall–Kier alpha value is -2.33. The van der Waals surface area contributed by atoms with Crippen molar-refractivity contribution in [1.29, 1.82) is 0 Å². The maximum Gasteiger partial charge on any atom is 0.309 e. The van der Waals surface area contributed by atoms with E-state index >= 15 is 0 Å². The number of piperidine rings is 1. The molecule has 1 aromatic carbocycles. The number of amides is 1. The zero-order chi connectivity index (χ0) is 22.6. The van der Waals surface area contributed by atoms with Gasteiger partial charge in [-0.15, -0.1) is 0 Å². The summed E-state index contributed by atoms with van der Waals surface area (Å²) < 4.78 is 43.5. The number of nitrogens with one attached hydrogen (secondary N) is 1. The summed E-state index contributed by atoms with van der Waals surface area (Å²) in [5.41, 5.74) is 0. The van der Waals surface area contributed by atoms with Crippen molar-refractivity contribution in [3.8, 4) is 11.5 Å². The highest BCUT2D eigenvalue weighted by molar-refractivity contribution is 7.89. The molecular weight excluding hydrogens is 436 g/mol. The Kier molecular flexibility index (Phi) is 7.20. The first-order valence-electron chi connectivity index (χ1n) is 11.3. The van der Waals surface area contributed by atoms with Gasteiger partial charge in [0, 0.05) is 25.2 Å². The predicted octanol–water partition coefficient (Wildman–Crippen LogP) is 1.85. The minimum Gasteiger partial charge on any atom is -0.486 e. The number of esters is 1. The van der Waals surface area contributed by atoms with E-state index in [4.69, 9.17) is 14.2 Å². The van der Waals surface area contributed by atoms with Gasteiger partial charge in [0.05, 0.1) is 10.8 Å². The highest BCUT2D eigenvalue weighted by Gasteiger charge is 2.33. The average Bonchev–Trinajstić information content (AvgIpc) is 2.83. The van der Waals surface area contributed by atoms with Crippen LogP contribution in [0.3, 0.4) is 0 Å². The van der Waals surface area contributed by atoms with Gasteiger partial charge in [-0.05, 0) is 37.8 Å². The number of ether oxygens (including phenoxy) is 3. The molecule has 0 spiro atoms. The molecule has 0 bridgehead atoms. The number of nitrogens with zero attached hydrogens (tertiary/aromatic N) is 1.